The number of methoxy groups -OCH3 is 1. The smallest absolute Gasteiger partial charge is 0.325 e. The Bertz CT molecular complexity index is 439. The van der Waals surface area contributed by atoms with E-state index in [2.05, 4.69) is 10.1 Å². The fraction of sp³-hybridized carbons (Fsp3) is 0.917. The predicted molar refractivity (Wildman–Crippen MR) is 71.1 cm³/mol. The number of sulfonamides is 1. The zero-order valence-corrected chi connectivity index (χ0v) is 12.4. The maximum atomic E-state index is 12.4. The number of carbonyl (C=O) groups is 1. The Hall–Kier alpha value is -0.660. The van der Waals surface area contributed by atoms with Crippen LogP contribution in [-0.4, -0.2) is 56.2 Å². The van der Waals surface area contributed by atoms with Crippen molar-refractivity contribution in [1.29, 1.82) is 0 Å². The first-order chi connectivity index (χ1) is 8.86. The van der Waals surface area contributed by atoms with Crippen LogP contribution in [0.5, 0.6) is 0 Å². The summed E-state index contributed by atoms with van der Waals surface area (Å²) < 4.78 is 30.6. The summed E-state index contributed by atoms with van der Waals surface area (Å²) in [5, 5.41) is 2.33. The molecule has 2 aliphatic rings. The van der Waals surface area contributed by atoms with Gasteiger partial charge in [0.25, 0.3) is 0 Å². The van der Waals surface area contributed by atoms with Gasteiger partial charge >= 0.3 is 5.97 Å². The lowest BCUT2D eigenvalue weighted by Crippen LogP contribution is -2.51. The van der Waals surface area contributed by atoms with E-state index in [1.165, 1.54) is 18.3 Å². The van der Waals surface area contributed by atoms with Crippen LogP contribution in [0.1, 0.15) is 32.6 Å². The Balaban J connectivity index is 2.10. The van der Waals surface area contributed by atoms with Crippen LogP contribution < -0.4 is 5.32 Å². The van der Waals surface area contributed by atoms with E-state index in [1.807, 2.05) is 0 Å². The molecule has 1 N–H and O–H groups in total. The number of rotatable bonds is 4. The molecule has 0 aromatic rings. The maximum Gasteiger partial charge on any atom is 0.325 e. The van der Waals surface area contributed by atoms with Crippen LogP contribution in [0.15, 0.2) is 0 Å². The van der Waals surface area contributed by atoms with Crippen molar-refractivity contribution < 1.29 is 17.9 Å². The van der Waals surface area contributed by atoms with Gasteiger partial charge in [-0.15, -0.1) is 0 Å². The van der Waals surface area contributed by atoms with E-state index in [0.717, 1.165) is 25.7 Å². The van der Waals surface area contributed by atoms with Crippen LogP contribution in [-0.2, 0) is 19.6 Å². The monoisotopic (exact) mass is 290 g/mol. The van der Waals surface area contributed by atoms with Crippen LogP contribution >= 0.6 is 0 Å². The number of nitrogens with zero attached hydrogens (tertiary/aromatic N) is 1. The molecule has 110 valence electrons. The summed E-state index contributed by atoms with van der Waals surface area (Å²) in [6.45, 7) is 1.38. The van der Waals surface area contributed by atoms with Crippen molar-refractivity contribution in [2.45, 2.75) is 56.0 Å². The minimum absolute atomic E-state index is 0.0177. The van der Waals surface area contributed by atoms with Gasteiger partial charge in [-0.3, -0.25) is 4.79 Å². The summed E-state index contributed by atoms with van der Waals surface area (Å²) in [4.78, 5) is 11.4. The fourth-order valence-corrected chi connectivity index (χ4v) is 4.49. The average Bonchev–Trinajstić information content (AvgIpc) is 2.74. The molecule has 0 aliphatic carbocycles. The fourth-order valence-electron chi connectivity index (χ4n) is 3.07. The third-order valence-corrected chi connectivity index (χ3v) is 6.53. The molecule has 3 unspecified atom stereocenters. The highest BCUT2D eigenvalue weighted by molar-refractivity contribution is 7.90. The normalized spacial score (nSPS) is 32.3. The number of fused-ring (bicyclic) bond motifs is 2. The van der Waals surface area contributed by atoms with Crippen molar-refractivity contribution in [3.05, 3.63) is 0 Å². The maximum absolute atomic E-state index is 12.4. The third-order valence-electron chi connectivity index (χ3n) is 4.34. The number of hydrogen-bond acceptors (Lipinski definition) is 5. The number of hydrogen-bond donors (Lipinski definition) is 1. The van der Waals surface area contributed by atoms with E-state index in [4.69, 9.17) is 0 Å². The third kappa shape index (κ3) is 2.78. The van der Waals surface area contributed by atoms with Crippen LogP contribution in [0.2, 0.25) is 0 Å². The van der Waals surface area contributed by atoms with Gasteiger partial charge in [-0.2, -0.15) is 0 Å². The van der Waals surface area contributed by atoms with E-state index >= 15 is 0 Å². The topological polar surface area (TPSA) is 75.7 Å². The van der Waals surface area contributed by atoms with Gasteiger partial charge in [0.1, 0.15) is 0 Å². The molecule has 2 rings (SSSR count). The number of piperidine rings is 1. The molecule has 0 aromatic heterocycles. The summed E-state index contributed by atoms with van der Waals surface area (Å²) in [6, 6.07) is 0.806. The SMILES string of the molecule is COC(=O)C(C)S(=O)(=O)N(C)C1CC2CCC(C1)N2. The Morgan fingerprint density at radius 1 is 1.32 bits per heavy atom. The molecule has 2 aliphatic heterocycles. The average molecular weight is 290 g/mol. The van der Waals surface area contributed by atoms with E-state index in [1.54, 1.807) is 7.05 Å². The minimum Gasteiger partial charge on any atom is -0.468 e. The Labute approximate surface area is 114 Å². The van der Waals surface area contributed by atoms with Crippen molar-refractivity contribution in [3.63, 3.8) is 0 Å². The second-order valence-corrected chi connectivity index (χ2v) is 7.80. The van der Waals surface area contributed by atoms with Crippen molar-refractivity contribution in [1.82, 2.24) is 9.62 Å². The summed E-state index contributed by atoms with van der Waals surface area (Å²) >= 11 is 0. The molecule has 2 bridgehead atoms. The second-order valence-electron chi connectivity index (χ2n) is 5.49. The number of ether oxygens (including phenoxy) is 1. The minimum atomic E-state index is -3.64. The molecule has 19 heavy (non-hydrogen) atoms. The molecule has 0 saturated carbocycles. The second kappa shape index (κ2) is 5.38. The Morgan fingerprint density at radius 2 is 1.84 bits per heavy atom. The first kappa shape index (κ1) is 14.7. The van der Waals surface area contributed by atoms with Crippen molar-refractivity contribution in [3.8, 4) is 0 Å². The van der Waals surface area contributed by atoms with Crippen LogP contribution in [0, 0.1) is 0 Å². The first-order valence-corrected chi connectivity index (χ1v) is 8.17. The molecule has 0 spiro atoms. The number of carbonyl (C=O) groups excluding carboxylic acids is 1. The lowest BCUT2D eigenvalue weighted by molar-refractivity contribution is -0.139. The summed E-state index contributed by atoms with van der Waals surface area (Å²) in [5.41, 5.74) is 0. The van der Waals surface area contributed by atoms with Gasteiger partial charge in [-0.25, -0.2) is 12.7 Å². The van der Waals surface area contributed by atoms with Gasteiger partial charge in [0.15, 0.2) is 5.25 Å². The molecule has 3 atom stereocenters. The first-order valence-electron chi connectivity index (χ1n) is 6.67. The standard InChI is InChI=1S/C12H22N2O4S/c1-8(12(15)18-3)19(16,17)14(2)11-6-9-4-5-10(7-11)13-9/h8-11,13H,4-7H2,1-3H3. The molecule has 6 nitrogen and oxygen atoms in total. The predicted octanol–water partition coefficient (Wildman–Crippen LogP) is 0.0925. The number of nitrogens with one attached hydrogen (secondary N) is 1. The molecular weight excluding hydrogens is 268 g/mol. The molecule has 2 saturated heterocycles. The van der Waals surface area contributed by atoms with Crippen molar-refractivity contribution >= 4 is 16.0 Å². The molecule has 0 aromatic carbocycles. The van der Waals surface area contributed by atoms with Gasteiger partial charge in [-0.05, 0) is 32.6 Å². The highest BCUT2D eigenvalue weighted by Gasteiger charge is 2.41. The summed E-state index contributed by atoms with van der Waals surface area (Å²) in [7, 11) is -0.857. The van der Waals surface area contributed by atoms with Crippen LogP contribution in [0.3, 0.4) is 0 Å². The van der Waals surface area contributed by atoms with E-state index in [9.17, 15) is 13.2 Å². The van der Waals surface area contributed by atoms with Crippen molar-refractivity contribution in [2.75, 3.05) is 14.2 Å². The molecule has 0 radical (unpaired) electrons. The Kier molecular flexibility index (Phi) is 4.17. The zero-order chi connectivity index (χ0) is 14.2. The van der Waals surface area contributed by atoms with E-state index in [0.29, 0.717) is 12.1 Å². The highest BCUT2D eigenvalue weighted by Crippen LogP contribution is 2.30. The highest BCUT2D eigenvalue weighted by atomic mass is 32.2. The Morgan fingerprint density at radius 3 is 2.32 bits per heavy atom. The molecule has 2 heterocycles. The van der Waals surface area contributed by atoms with Gasteiger partial charge in [0.2, 0.25) is 10.0 Å². The van der Waals surface area contributed by atoms with Gasteiger partial charge < -0.3 is 10.1 Å². The largest absolute Gasteiger partial charge is 0.468 e. The van der Waals surface area contributed by atoms with Gasteiger partial charge in [0, 0.05) is 25.2 Å². The van der Waals surface area contributed by atoms with Crippen LogP contribution in [0.4, 0.5) is 0 Å². The van der Waals surface area contributed by atoms with Gasteiger partial charge in [0.05, 0.1) is 7.11 Å². The quantitative estimate of drug-likeness (QED) is 0.743. The van der Waals surface area contributed by atoms with E-state index < -0.39 is 21.2 Å². The number of esters is 1. The molecule has 7 heteroatoms. The van der Waals surface area contributed by atoms with Crippen molar-refractivity contribution in [2.24, 2.45) is 0 Å². The van der Waals surface area contributed by atoms with Gasteiger partial charge in [-0.1, -0.05) is 0 Å². The molecule has 2 fully saturated rings. The lowest BCUT2D eigenvalue weighted by atomic mass is 10.0. The van der Waals surface area contributed by atoms with E-state index in [-0.39, 0.29) is 6.04 Å². The summed E-state index contributed by atoms with van der Waals surface area (Å²) in [6.07, 6.45) is 3.86. The molecular formula is C12H22N2O4S. The molecule has 0 amide bonds. The lowest BCUT2D eigenvalue weighted by Gasteiger charge is -2.35. The van der Waals surface area contributed by atoms with Crippen LogP contribution in [0.25, 0.3) is 0 Å². The summed E-state index contributed by atoms with van der Waals surface area (Å²) in [5.74, 6) is -0.705. The zero-order valence-electron chi connectivity index (χ0n) is 11.6.